The maximum atomic E-state index is 12.7. The number of aromatic amines is 2. The summed E-state index contributed by atoms with van der Waals surface area (Å²) in [4.78, 5) is 56.0. The first-order valence-corrected chi connectivity index (χ1v) is 10.8. The Morgan fingerprint density at radius 1 is 0.576 bits per heavy atom. The lowest BCUT2D eigenvalue weighted by molar-refractivity contribution is 0.0505. The second-order valence-corrected chi connectivity index (χ2v) is 7.02. The molecule has 2 N–H and O–H groups in total. The molecule has 0 aromatic carbocycles. The van der Waals surface area contributed by atoms with E-state index < -0.39 is 23.9 Å². The maximum absolute atomic E-state index is 12.7. The smallest absolute Gasteiger partial charge is 0.355 e. The Morgan fingerprint density at radius 2 is 0.879 bits per heavy atom. The number of rotatable bonds is 10. The van der Waals surface area contributed by atoms with Gasteiger partial charge >= 0.3 is 23.9 Å². The lowest BCUT2D eigenvalue weighted by atomic mass is 10.0. The van der Waals surface area contributed by atoms with Crippen molar-refractivity contribution in [2.45, 2.75) is 48.0 Å². The zero-order chi connectivity index (χ0) is 24.7. The Kier molecular flexibility index (Phi) is 8.84. The molecule has 0 fully saturated rings. The van der Waals surface area contributed by atoms with E-state index >= 15 is 0 Å². The fourth-order valence-corrected chi connectivity index (χ4v) is 3.53. The van der Waals surface area contributed by atoms with Gasteiger partial charge in [-0.2, -0.15) is 0 Å². The van der Waals surface area contributed by atoms with Gasteiger partial charge < -0.3 is 28.9 Å². The number of hydrogen-bond donors (Lipinski definition) is 2. The van der Waals surface area contributed by atoms with Gasteiger partial charge in [-0.05, 0) is 52.7 Å². The van der Waals surface area contributed by atoms with Crippen molar-refractivity contribution in [2.75, 3.05) is 26.4 Å². The maximum Gasteiger partial charge on any atom is 0.355 e. The molecule has 0 saturated carbocycles. The number of carbonyl (C=O) groups excluding carboxylic acids is 4. The largest absolute Gasteiger partial charge is 0.462 e. The van der Waals surface area contributed by atoms with E-state index in [2.05, 4.69) is 9.97 Å². The standard InChI is InChI=1S/C23H30N2O8/c1-7-30-20(26)16-12(5)18(22(28)32-9-3)24-14(16)11-15-17(21(27)31-8-2)13(6)19(25-15)23(29)33-10-4/h24-25H,7-11H2,1-6H3. The van der Waals surface area contributed by atoms with Gasteiger partial charge in [-0.1, -0.05) is 0 Å². The Morgan fingerprint density at radius 3 is 1.18 bits per heavy atom. The fourth-order valence-electron chi connectivity index (χ4n) is 3.53. The first kappa shape index (κ1) is 25.7. The number of ether oxygens (including phenoxy) is 4. The Balaban J connectivity index is 2.64. The van der Waals surface area contributed by atoms with E-state index in [1.165, 1.54) is 0 Å². The van der Waals surface area contributed by atoms with Crippen molar-refractivity contribution in [1.82, 2.24) is 9.97 Å². The predicted octanol–water partition coefficient (Wildman–Crippen LogP) is 3.26. The summed E-state index contributed by atoms with van der Waals surface area (Å²) in [6, 6.07) is 0. The molecule has 33 heavy (non-hydrogen) atoms. The van der Waals surface area contributed by atoms with Crippen molar-refractivity contribution in [2.24, 2.45) is 0 Å². The van der Waals surface area contributed by atoms with Crippen LogP contribution in [-0.2, 0) is 25.4 Å². The molecule has 2 aromatic heterocycles. The van der Waals surface area contributed by atoms with Crippen molar-refractivity contribution in [3.8, 4) is 0 Å². The van der Waals surface area contributed by atoms with E-state index in [4.69, 9.17) is 18.9 Å². The van der Waals surface area contributed by atoms with E-state index in [-0.39, 0.29) is 55.4 Å². The van der Waals surface area contributed by atoms with Crippen LogP contribution < -0.4 is 0 Å². The Hall–Kier alpha value is -3.56. The van der Waals surface area contributed by atoms with Crippen molar-refractivity contribution in [1.29, 1.82) is 0 Å². The number of aromatic nitrogens is 2. The summed E-state index contributed by atoms with van der Waals surface area (Å²) < 4.78 is 20.5. The van der Waals surface area contributed by atoms with Gasteiger partial charge in [0.1, 0.15) is 11.4 Å². The summed E-state index contributed by atoms with van der Waals surface area (Å²) in [5.74, 6) is -2.48. The van der Waals surface area contributed by atoms with Crippen LogP contribution in [0.25, 0.3) is 0 Å². The van der Waals surface area contributed by atoms with Crippen LogP contribution in [0.2, 0.25) is 0 Å². The van der Waals surface area contributed by atoms with Crippen LogP contribution in [-0.4, -0.2) is 60.3 Å². The van der Waals surface area contributed by atoms with Gasteiger partial charge in [0, 0.05) is 17.8 Å². The number of nitrogens with one attached hydrogen (secondary N) is 2. The molecule has 0 aliphatic carbocycles. The van der Waals surface area contributed by atoms with E-state index in [9.17, 15) is 19.2 Å². The van der Waals surface area contributed by atoms with Gasteiger partial charge in [-0.25, -0.2) is 19.2 Å². The summed E-state index contributed by atoms with van der Waals surface area (Å²) in [7, 11) is 0. The molecule has 0 radical (unpaired) electrons. The summed E-state index contributed by atoms with van der Waals surface area (Å²) >= 11 is 0. The van der Waals surface area contributed by atoms with Gasteiger partial charge in [0.15, 0.2) is 0 Å². The molecular weight excluding hydrogens is 432 g/mol. The SMILES string of the molecule is CCOC(=O)c1[nH]c(Cc2[nH]c(C(=O)OCC)c(C)c2C(=O)OCC)c(C(=O)OCC)c1C. The average molecular weight is 462 g/mol. The summed E-state index contributed by atoms with van der Waals surface area (Å²) in [6.45, 7) is 10.5. The highest BCUT2D eigenvalue weighted by molar-refractivity contribution is 6.00. The molecule has 0 unspecified atom stereocenters. The zero-order valence-corrected chi connectivity index (χ0v) is 19.8. The molecule has 10 heteroatoms. The van der Waals surface area contributed by atoms with Crippen molar-refractivity contribution in [3.05, 3.63) is 45.0 Å². The van der Waals surface area contributed by atoms with Crippen LogP contribution in [0, 0.1) is 13.8 Å². The van der Waals surface area contributed by atoms with Gasteiger partial charge in [-0.3, -0.25) is 0 Å². The van der Waals surface area contributed by atoms with E-state index in [1.807, 2.05) is 0 Å². The first-order chi connectivity index (χ1) is 15.7. The van der Waals surface area contributed by atoms with E-state index in [0.29, 0.717) is 22.5 Å². The minimum atomic E-state index is -0.622. The number of H-pyrrole nitrogens is 2. The fraction of sp³-hybridized carbons (Fsp3) is 0.478. The molecule has 10 nitrogen and oxygen atoms in total. The third-order valence-corrected chi connectivity index (χ3v) is 4.93. The van der Waals surface area contributed by atoms with Crippen molar-refractivity contribution in [3.63, 3.8) is 0 Å². The molecule has 0 spiro atoms. The Labute approximate surface area is 191 Å². The highest BCUT2D eigenvalue weighted by Crippen LogP contribution is 2.27. The van der Waals surface area contributed by atoms with Crippen LogP contribution in [0.5, 0.6) is 0 Å². The molecule has 0 saturated heterocycles. The third-order valence-electron chi connectivity index (χ3n) is 4.93. The normalized spacial score (nSPS) is 10.6. The Bertz CT molecular complexity index is 965. The topological polar surface area (TPSA) is 137 Å². The van der Waals surface area contributed by atoms with Crippen LogP contribution in [0.4, 0.5) is 0 Å². The molecule has 2 rings (SSSR count). The van der Waals surface area contributed by atoms with Crippen LogP contribution in [0.3, 0.4) is 0 Å². The van der Waals surface area contributed by atoms with Crippen LogP contribution in [0.1, 0.15) is 91.9 Å². The van der Waals surface area contributed by atoms with E-state index in [1.54, 1.807) is 41.5 Å². The predicted molar refractivity (Wildman–Crippen MR) is 118 cm³/mol. The van der Waals surface area contributed by atoms with Gasteiger partial charge in [0.05, 0.1) is 37.6 Å². The molecule has 180 valence electrons. The summed E-state index contributed by atoms with van der Waals surface area (Å²) in [5.41, 5.74) is 1.96. The molecule has 0 amide bonds. The minimum absolute atomic E-state index is 0.0111. The summed E-state index contributed by atoms with van der Waals surface area (Å²) in [5, 5.41) is 0. The molecule has 0 aliphatic rings. The average Bonchev–Trinajstić information content (AvgIpc) is 3.25. The number of hydrogen-bond acceptors (Lipinski definition) is 8. The minimum Gasteiger partial charge on any atom is -0.462 e. The lowest BCUT2D eigenvalue weighted by Gasteiger charge is -2.07. The quantitative estimate of drug-likeness (QED) is 0.405. The van der Waals surface area contributed by atoms with Gasteiger partial charge in [0.2, 0.25) is 0 Å². The van der Waals surface area contributed by atoms with Crippen LogP contribution >= 0.6 is 0 Å². The zero-order valence-electron chi connectivity index (χ0n) is 19.8. The van der Waals surface area contributed by atoms with Gasteiger partial charge in [-0.15, -0.1) is 0 Å². The van der Waals surface area contributed by atoms with Crippen molar-refractivity contribution < 1.29 is 38.1 Å². The third kappa shape index (κ3) is 5.44. The second-order valence-electron chi connectivity index (χ2n) is 7.02. The molecular formula is C23H30N2O8. The highest BCUT2D eigenvalue weighted by Gasteiger charge is 2.30. The molecule has 0 atom stereocenters. The number of carbonyl (C=O) groups is 4. The van der Waals surface area contributed by atoms with Crippen molar-refractivity contribution >= 4 is 23.9 Å². The van der Waals surface area contributed by atoms with Gasteiger partial charge in [0.25, 0.3) is 0 Å². The molecule has 0 aliphatic heterocycles. The molecule has 2 aromatic rings. The molecule has 2 heterocycles. The van der Waals surface area contributed by atoms with E-state index in [0.717, 1.165) is 0 Å². The second kappa shape index (κ2) is 11.3. The lowest BCUT2D eigenvalue weighted by Crippen LogP contribution is -2.11. The summed E-state index contributed by atoms with van der Waals surface area (Å²) in [6.07, 6.45) is -0.0111. The monoisotopic (exact) mass is 462 g/mol. The highest BCUT2D eigenvalue weighted by atomic mass is 16.5. The first-order valence-electron chi connectivity index (χ1n) is 10.8. The van der Waals surface area contributed by atoms with Crippen LogP contribution in [0.15, 0.2) is 0 Å². The molecule has 0 bridgehead atoms. The number of esters is 4.